The van der Waals surface area contributed by atoms with Crippen LogP contribution in [0.15, 0.2) is 15.8 Å². The average molecular weight is 204 g/mol. The molecule has 0 bridgehead atoms. The Bertz CT molecular complexity index is 420. The molecule has 13 heavy (non-hydrogen) atoms. The maximum absolute atomic E-state index is 10.9. The molecule has 6 nitrogen and oxygen atoms in total. The minimum absolute atomic E-state index is 0.146. The number of amides is 1. The molecule has 1 aromatic heterocycles. The van der Waals surface area contributed by atoms with Crippen molar-refractivity contribution in [2.24, 2.45) is 5.73 Å². The van der Waals surface area contributed by atoms with Crippen LogP contribution in [-0.4, -0.2) is 25.6 Å². The first-order chi connectivity index (χ1) is 5.89. The van der Waals surface area contributed by atoms with Gasteiger partial charge < -0.3 is 10.2 Å². The molecule has 1 amide bonds. The Labute approximate surface area is 74.7 Å². The second-order valence-corrected chi connectivity index (χ2v) is 4.40. The summed E-state index contributed by atoms with van der Waals surface area (Å²) in [6, 6.07) is 0. The summed E-state index contributed by atoms with van der Waals surface area (Å²) in [7, 11) is -3.45. The zero-order valence-corrected chi connectivity index (χ0v) is 7.67. The zero-order valence-electron chi connectivity index (χ0n) is 6.85. The lowest BCUT2D eigenvalue weighted by atomic mass is 10.3. The molecule has 1 aromatic rings. The number of rotatable bonds is 3. The van der Waals surface area contributed by atoms with Gasteiger partial charge in [0.25, 0.3) is 0 Å². The second kappa shape index (κ2) is 3.17. The van der Waals surface area contributed by atoms with Crippen LogP contribution in [0, 0.1) is 0 Å². The molecule has 0 saturated heterocycles. The van der Waals surface area contributed by atoms with E-state index in [1.807, 2.05) is 0 Å². The van der Waals surface area contributed by atoms with Crippen molar-refractivity contribution in [3.05, 3.63) is 12.0 Å². The van der Waals surface area contributed by atoms with Gasteiger partial charge in [0.2, 0.25) is 15.7 Å². The third-order valence-electron chi connectivity index (χ3n) is 1.20. The number of primary amides is 1. The van der Waals surface area contributed by atoms with E-state index in [-0.39, 0.29) is 12.2 Å². The lowest BCUT2D eigenvalue weighted by Gasteiger charge is -1.89. The molecule has 1 rings (SSSR count). The highest BCUT2D eigenvalue weighted by atomic mass is 32.2. The summed E-state index contributed by atoms with van der Waals surface area (Å²) in [5, 5.41) is -0.399. The summed E-state index contributed by atoms with van der Waals surface area (Å²) in [5.41, 5.74) is 4.87. The number of carbonyl (C=O) groups excluding carboxylic acids is 1. The summed E-state index contributed by atoms with van der Waals surface area (Å²) < 4.78 is 26.5. The van der Waals surface area contributed by atoms with Gasteiger partial charge in [-0.1, -0.05) is 0 Å². The third-order valence-corrected chi connectivity index (χ3v) is 2.02. The van der Waals surface area contributed by atoms with Gasteiger partial charge >= 0.3 is 5.22 Å². The third kappa shape index (κ3) is 2.55. The first-order valence-corrected chi connectivity index (χ1v) is 5.22. The van der Waals surface area contributed by atoms with E-state index in [0.29, 0.717) is 0 Å². The van der Waals surface area contributed by atoms with E-state index >= 15 is 0 Å². The number of oxazole rings is 1. The van der Waals surface area contributed by atoms with Crippen LogP contribution in [0.1, 0.15) is 5.76 Å². The highest BCUT2D eigenvalue weighted by molar-refractivity contribution is 7.90. The molecule has 7 heteroatoms. The van der Waals surface area contributed by atoms with Gasteiger partial charge in [0.1, 0.15) is 5.76 Å². The van der Waals surface area contributed by atoms with Crippen molar-refractivity contribution in [3.63, 3.8) is 0 Å². The van der Waals surface area contributed by atoms with Gasteiger partial charge in [-0.15, -0.1) is 0 Å². The van der Waals surface area contributed by atoms with Crippen LogP contribution in [0.4, 0.5) is 0 Å². The zero-order chi connectivity index (χ0) is 10.1. The van der Waals surface area contributed by atoms with E-state index in [1.165, 1.54) is 6.20 Å². The van der Waals surface area contributed by atoms with Gasteiger partial charge in [0, 0.05) is 6.26 Å². The van der Waals surface area contributed by atoms with Gasteiger partial charge in [-0.25, -0.2) is 13.4 Å². The van der Waals surface area contributed by atoms with Crippen LogP contribution < -0.4 is 5.73 Å². The smallest absolute Gasteiger partial charge is 0.314 e. The molecule has 0 saturated carbocycles. The first kappa shape index (κ1) is 9.72. The van der Waals surface area contributed by atoms with E-state index in [9.17, 15) is 13.2 Å². The van der Waals surface area contributed by atoms with Gasteiger partial charge in [-0.3, -0.25) is 4.79 Å². The molecule has 0 aliphatic rings. The molecule has 0 aliphatic heterocycles. The van der Waals surface area contributed by atoms with Gasteiger partial charge in [-0.05, 0) is 0 Å². The Balaban J connectivity index is 2.94. The summed E-state index contributed by atoms with van der Waals surface area (Å²) in [4.78, 5) is 13.9. The van der Waals surface area contributed by atoms with Crippen molar-refractivity contribution in [3.8, 4) is 0 Å². The van der Waals surface area contributed by atoms with Gasteiger partial charge in [0.15, 0.2) is 0 Å². The molecule has 1 heterocycles. The Hall–Kier alpha value is -1.37. The largest absolute Gasteiger partial charge is 0.433 e. The van der Waals surface area contributed by atoms with Crippen molar-refractivity contribution in [1.29, 1.82) is 0 Å². The average Bonchev–Trinajstić information content (AvgIpc) is 2.32. The van der Waals surface area contributed by atoms with Crippen LogP contribution >= 0.6 is 0 Å². The number of nitrogens with two attached hydrogens (primary N) is 1. The molecule has 0 radical (unpaired) electrons. The molecule has 0 spiro atoms. The van der Waals surface area contributed by atoms with Crippen LogP contribution in [0.3, 0.4) is 0 Å². The number of nitrogens with zero attached hydrogens (tertiary/aromatic N) is 1. The fourth-order valence-electron chi connectivity index (χ4n) is 0.714. The Kier molecular flexibility index (Phi) is 2.37. The molecule has 2 N–H and O–H groups in total. The summed E-state index contributed by atoms with van der Waals surface area (Å²) in [5.74, 6) is -0.455. The highest BCUT2D eigenvalue weighted by Gasteiger charge is 2.15. The predicted octanol–water partition coefficient (Wildman–Crippen LogP) is -0.894. The predicted molar refractivity (Wildman–Crippen MR) is 42.5 cm³/mol. The summed E-state index contributed by atoms with van der Waals surface area (Å²) in [6.07, 6.45) is 1.98. The molecular weight excluding hydrogens is 196 g/mol. The van der Waals surface area contributed by atoms with Crippen LogP contribution in [-0.2, 0) is 21.1 Å². The molecule has 0 aliphatic carbocycles. The number of hydrogen-bond acceptors (Lipinski definition) is 5. The van der Waals surface area contributed by atoms with E-state index in [2.05, 4.69) is 4.98 Å². The minimum atomic E-state index is -3.45. The molecule has 0 atom stereocenters. The van der Waals surface area contributed by atoms with Crippen molar-refractivity contribution in [1.82, 2.24) is 4.98 Å². The van der Waals surface area contributed by atoms with Crippen molar-refractivity contribution in [2.75, 3.05) is 6.26 Å². The minimum Gasteiger partial charge on any atom is -0.433 e. The Morgan fingerprint density at radius 3 is 2.69 bits per heavy atom. The monoisotopic (exact) mass is 204 g/mol. The van der Waals surface area contributed by atoms with Crippen LogP contribution in [0.2, 0.25) is 0 Å². The van der Waals surface area contributed by atoms with Gasteiger partial charge in [-0.2, -0.15) is 0 Å². The number of hydrogen-bond donors (Lipinski definition) is 1. The lowest BCUT2D eigenvalue weighted by molar-refractivity contribution is -0.117. The van der Waals surface area contributed by atoms with E-state index in [4.69, 9.17) is 10.2 Å². The van der Waals surface area contributed by atoms with Gasteiger partial charge in [0.05, 0.1) is 12.6 Å². The Morgan fingerprint density at radius 2 is 2.31 bits per heavy atom. The maximum atomic E-state index is 10.9. The summed E-state index contributed by atoms with van der Waals surface area (Å²) >= 11 is 0. The lowest BCUT2D eigenvalue weighted by Crippen LogP contribution is -2.13. The topological polar surface area (TPSA) is 103 Å². The molecule has 0 fully saturated rings. The van der Waals surface area contributed by atoms with E-state index in [0.717, 1.165) is 6.26 Å². The van der Waals surface area contributed by atoms with Crippen molar-refractivity contribution < 1.29 is 17.6 Å². The quantitative estimate of drug-likeness (QED) is 0.687. The first-order valence-electron chi connectivity index (χ1n) is 3.32. The SMILES string of the molecule is CS(=O)(=O)c1ncc(CC(N)=O)o1. The van der Waals surface area contributed by atoms with E-state index in [1.54, 1.807) is 0 Å². The molecule has 0 unspecified atom stereocenters. The normalized spacial score (nSPS) is 11.5. The fourth-order valence-corrected chi connectivity index (χ4v) is 1.22. The number of carbonyl (C=O) groups is 1. The van der Waals surface area contributed by atoms with Crippen LogP contribution in [0.5, 0.6) is 0 Å². The number of sulfone groups is 1. The number of aromatic nitrogens is 1. The van der Waals surface area contributed by atoms with Crippen molar-refractivity contribution in [2.45, 2.75) is 11.6 Å². The fraction of sp³-hybridized carbons (Fsp3) is 0.333. The molecule has 72 valence electrons. The molecule has 0 aromatic carbocycles. The van der Waals surface area contributed by atoms with Crippen LogP contribution in [0.25, 0.3) is 0 Å². The highest BCUT2D eigenvalue weighted by Crippen LogP contribution is 2.09. The summed E-state index contributed by atoms with van der Waals surface area (Å²) in [6.45, 7) is 0. The Morgan fingerprint density at radius 1 is 1.69 bits per heavy atom. The standard InChI is InChI=1S/C6H8N2O4S/c1-13(10,11)6-8-3-4(12-6)2-5(7)9/h3H,2H2,1H3,(H2,7,9). The van der Waals surface area contributed by atoms with Crippen molar-refractivity contribution >= 4 is 15.7 Å². The van der Waals surface area contributed by atoms with E-state index < -0.39 is 21.0 Å². The maximum Gasteiger partial charge on any atom is 0.314 e. The second-order valence-electron chi connectivity index (χ2n) is 2.51. The molecular formula is C6H8N2O4S.